The average Bonchev–Trinajstić information content (AvgIpc) is 2.15. The highest BCUT2D eigenvalue weighted by molar-refractivity contribution is 7.78. The molecule has 0 aliphatic rings. The first-order valence-corrected chi connectivity index (χ1v) is 2.52. The van der Waals surface area contributed by atoms with E-state index >= 15 is 0 Å². The van der Waals surface area contributed by atoms with Gasteiger partial charge in [-0.1, -0.05) is 5.21 Å². The Morgan fingerprint density at radius 1 is 1.67 bits per heavy atom. The lowest BCUT2D eigenvalue weighted by molar-refractivity contribution is 0.901. The van der Waals surface area contributed by atoms with E-state index in [4.69, 9.17) is 11.6 Å². The molecule has 1 heterocycles. The monoisotopic (exact) mass is 146 g/mol. The van der Waals surface area contributed by atoms with Crippen LogP contribution < -0.4 is 17.0 Å². The summed E-state index contributed by atoms with van der Waals surface area (Å²) in [5.74, 6) is 5.60. The van der Waals surface area contributed by atoms with Crippen molar-refractivity contribution in [3.63, 3.8) is 0 Å². The first kappa shape index (κ1) is 6.17. The van der Waals surface area contributed by atoms with E-state index < -0.39 is 0 Å². The van der Waals surface area contributed by atoms with Gasteiger partial charge in [0.2, 0.25) is 5.82 Å². The molecule has 0 atom stereocenters. The highest BCUT2D eigenvalue weighted by Gasteiger charge is 2.02. The number of nitrogens with zero attached hydrogens (tertiary/aromatic N) is 3. The Hall–Kier alpha value is -0.950. The summed E-state index contributed by atoms with van der Waals surface area (Å²) in [4.78, 5) is 0. The molecule has 6 nitrogen and oxygen atoms in total. The van der Waals surface area contributed by atoms with Gasteiger partial charge in [0.1, 0.15) is 0 Å². The summed E-state index contributed by atoms with van der Waals surface area (Å²) >= 11 is 3.80. The van der Waals surface area contributed by atoms with Crippen molar-refractivity contribution in [1.82, 2.24) is 14.4 Å². The van der Waals surface area contributed by atoms with Gasteiger partial charge >= 0.3 is 0 Å². The van der Waals surface area contributed by atoms with Crippen molar-refractivity contribution in [1.29, 1.82) is 0 Å². The summed E-state index contributed by atoms with van der Waals surface area (Å²) in [6, 6.07) is 0. The van der Waals surface area contributed by atoms with Gasteiger partial charge < -0.3 is 11.2 Å². The van der Waals surface area contributed by atoms with E-state index in [1.807, 2.05) is 0 Å². The Bertz CT molecular complexity index is 205. The third-order valence-electron chi connectivity index (χ3n) is 0.824. The highest BCUT2D eigenvalue weighted by atomic mass is 32.1. The van der Waals surface area contributed by atoms with Gasteiger partial charge in [-0.15, -0.1) is 5.10 Å². The van der Waals surface area contributed by atoms with Crippen LogP contribution in [0.5, 0.6) is 0 Å². The van der Waals surface area contributed by atoms with Crippen LogP contribution in [0.2, 0.25) is 0 Å². The first-order chi connectivity index (χ1) is 4.25. The lowest BCUT2D eigenvalue weighted by atomic mass is 10.7. The maximum atomic E-state index is 5.33. The molecule has 7 heteroatoms. The number of hydrogen-bond donors (Lipinski definition) is 4. The van der Waals surface area contributed by atoms with E-state index in [0.717, 1.165) is 4.09 Å². The van der Waals surface area contributed by atoms with E-state index in [1.54, 1.807) is 0 Å². The molecule has 0 radical (unpaired) electrons. The Morgan fingerprint density at radius 2 is 2.33 bits per heavy atom. The smallest absolute Gasteiger partial charge is 0.207 e. The Labute approximate surface area is 56.7 Å². The zero-order valence-corrected chi connectivity index (χ0v) is 5.34. The van der Waals surface area contributed by atoms with Gasteiger partial charge in [-0.2, -0.15) is 4.09 Å². The summed E-state index contributed by atoms with van der Waals surface area (Å²) in [5.41, 5.74) is 7.58. The van der Waals surface area contributed by atoms with Crippen LogP contribution >= 0.6 is 12.8 Å². The van der Waals surface area contributed by atoms with Gasteiger partial charge in [-0.25, -0.2) is 5.84 Å². The molecule has 0 aliphatic heterocycles. The number of aromatic nitrogens is 3. The first-order valence-electron chi connectivity index (χ1n) is 2.12. The van der Waals surface area contributed by atoms with Crippen molar-refractivity contribution in [3.05, 3.63) is 0 Å². The maximum Gasteiger partial charge on any atom is 0.207 e. The van der Waals surface area contributed by atoms with Gasteiger partial charge in [0.05, 0.1) is 0 Å². The zero-order valence-electron chi connectivity index (χ0n) is 4.44. The number of hydrazine groups is 1. The molecule has 0 aromatic carbocycles. The number of nitrogen functional groups attached to an aromatic ring is 2. The standard InChI is InChI=1S/C2H6N6S/c3-1-2(5-4)6-7-8(1)9/h5,9H,3-4H2. The lowest BCUT2D eigenvalue weighted by Gasteiger charge is -1.92. The molecule has 0 bridgehead atoms. The number of thiol groups is 1. The minimum atomic E-state index is 0.292. The molecule has 1 rings (SSSR count). The van der Waals surface area contributed by atoms with Gasteiger partial charge in [0.25, 0.3) is 0 Å². The van der Waals surface area contributed by atoms with Crippen LogP contribution in [0.15, 0.2) is 0 Å². The molecule has 0 fully saturated rings. The van der Waals surface area contributed by atoms with Gasteiger partial charge in [-0.3, -0.25) is 0 Å². The summed E-state index contributed by atoms with van der Waals surface area (Å²) < 4.78 is 1.12. The molecular formula is C2H6N6S. The van der Waals surface area contributed by atoms with Crippen molar-refractivity contribution in [2.24, 2.45) is 5.84 Å². The normalized spacial score (nSPS) is 9.56. The topological polar surface area (TPSA) is 94.8 Å². The van der Waals surface area contributed by atoms with Crippen molar-refractivity contribution >= 4 is 24.5 Å². The van der Waals surface area contributed by atoms with E-state index in [9.17, 15) is 0 Å². The second-order valence-electron chi connectivity index (χ2n) is 1.36. The number of anilines is 2. The van der Waals surface area contributed by atoms with Crippen molar-refractivity contribution in [2.45, 2.75) is 0 Å². The SMILES string of the molecule is NNc1nnn(S)c1N. The molecule has 0 amide bonds. The number of rotatable bonds is 1. The third kappa shape index (κ3) is 0.911. The van der Waals surface area contributed by atoms with E-state index in [1.165, 1.54) is 0 Å². The molecule has 0 aliphatic carbocycles. The average molecular weight is 146 g/mol. The molecular weight excluding hydrogens is 140 g/mol. The second kappa shape index (κ2) is 2.11. The second-order valence-corrected chi connectivity index (χ2v) is 1.74. The number of nitrogens with one attached hydrogen (secondary N) is 1. The van der Waals surface area contributed by atoms with Crippen LogP contribution in [-0.2, 0) is 0 Å². The number of hydrogen-bond acceptors (Lipinski definition) is 6. The fourth-order valence-corrected chi connectivity index (χ4v) is 0.519. The largest absolute Gasteiger partial charge is 0.380 e. The molecule has 9 heavy (non-hydrogen) atoms. The summed E-state index contributed by atoms with van der Waals surface area (Å²) in [7, 11) is 0. The van der Waals surface area contributed by atoms with Crippen LogP contribution in [0.3, 0.4) is 0 Å². The van der Waals surface area contributed by atoms with Crippen LogP contribution in [0.4, 0.5) is 11.6 Å². The minimum absolute atomic E-state index is 0.292. The van der Waals surface area contributed by atoms with Gasteiger partial charge in [-0.05, 0) is 12.8 Å². The Kier molecular flexibility index (Phi) is 1.45. The minimum Gasteiger partial charge on any atom is -0.380 e. The Balaban J connectivity index is 3.04. The predicted octanol–water partition coefficient (Wildman–Crippen LogP) is -1.16. The zero-order chi connectivity index (χ0) is 6.85. The van der Waals surface area contributed by atoms with Crippen molar-refractivity contribution < 1.29 is 0 Å². The van der Waals surface area contributed by atoms with Crippen molar-refractivity contribution in [3.8, 4) is 0 Å². The molecule has 0 spiro atoms. The molecule has 0 saturated heterocycles. The molecule has 0 unspecified atom stereocenters. The fraction of sp³-hybridized carbons (Fsp3) is 0. The predicted molar refractivity (Wildman–Crippen MR) is 36.6 cm³/mol. The van der Waals surface area contributed by atoms with Crippen LogP contribution in [0.25, 0.3) is 0 Å². The van der Waals surface area contributed by atoms with Gasteiger partial charge in [0, 0.05) is 0 Å². The maximum absolute atomic E-state index is 5.33. The molecule has 1 aromatic heterocycles. The van der Waals surface area contributed by atoms with E-state index in [2.05, 4.69) is 28.6 Å². The van der Waals surface area contributed by atoms with Crippen LogP contribution in [0, 0.1) is 0 Å². The summed E-state index contributed by atoms with van der Waals surface area (Å²) in [6.45, 7) is 0. The molecule has 5 N–H and O–H groups in total. The van der Waals surface area contributed by atoms with Crippen LogP contribution in [-0.4, -0.2) is 14.4 Å². The Morgan fingerprint density at radius 3 is 2.56 bits per heavy atom. The molecule has 1 aromatic rings. The highest BCUT2D eigenvalue weighted by Crippen LogP contribution is 2.11. The van der Waals surface area contributed by atoms with Crippen molar-refractivity contribution in [2.75, 3.05) is 11.2 Å². The molecule has 0 saturated carbocycles. The number of nitrogens with two attached hydrogens (primary N) is 2. The fourth-order valence-electron chi connectivity index (χ4n) is 0.384. The summed E-state index contributed by atoms with van der Waals surface area (Å²) in [5, 5.41) is 6.96. The quantitative estimate of drug-likeness (QED) is 0.228. The van der Waals surface area contributed by atoms with E-state index in [0.29, 0.717) is 11.6 Å². The van der Waals surface area contributed by atoms with Gasteiger partial charge in [0.15, 0.2) is 5.82 Å². The van der Waals surface area contributed by atoms with E-state index in [-0.39, 0.29) is 0 Å². The summed E-state index contributed by atoms with van der Waals surface area (Å²) in [6.07, 6.45) is 0. The molecule has 50 valence electrons. The lowest BCUT2D eigenvalue weighted by Crippen LogP contribution is -2.09. The van der Waals surface area contributed by atoms with Crippen LogP contribution in [0.1, 0.15) is 0 Å². The third-order valence-corrected chi connectivity index (χ3v) is 1.12.